The van der Waals surface area contributed by atoms with Crippen molar-refractivity contribution in [3.05, 3.63) is 73.1 Å². The number of aromatic nitrogens is 4. The first kappa shape index (κ1) is 27.5. The summed E-state index contributed by atoms with van der Waals surface area (Å²) in [4.78, 5) is 18.4. The SMILES string of the molecule is O=c1[nH]c(-c2cc(F)c3nc(C4(O)[C@@H]5CC[C@H]4CC(OCc4c(-c6c(Cl)cccc6Cl)noc4C4CC4)C5)sc3c2)no1. The molecule has 8 rings (SSSR count). The maximum Gasteiger partial charge on any atom is 0.439 e. The van der Waals surface area contributed by atoms with Crippen LogP contribution in [0, 0.1) is 17.7 Å². The summed E-state index contributed by atoms with van der Waals surface area (Å²) in [6, 6.07) is 8.31. The van der Waals surface area contributed by atoms with Crippen molar-refractivity contribution in [2.75, 3.05) is 0 Å². The molecule has 0 amide bonds. The Morgan fingerprint density at radius 1 is 1.09 bits per heavy atom. The molecule has 0 saturated heterocycles. The van der Waals surface area contributed by atoms with E-state index in [1.54, 1.807) is 24.3 Å². The maximum absolute atomic E-state index is 15.1. The monoisotopic (exact) mass is 642 g/mol. The molecule has 222 valence electrons. The first-order valence-corrected chi connectivity index (χ1v) is 15.8. The average molecular weight is 644 g/mol. The highest BCUT2D eigenvalue weighted by Gasteiger charge is 2.56. The zero-order valence-electron chi connectivity index (χ0n) is 22.6. The fourth-order valence-electron chi connectivity index (χ4n) is 6.89. The first-order chi connectivity index (χ1) is 20.8. The summed E-state index contributed by atoms with van der Waals surface area (Å²) >= 11 is 14.3. The van der Waals surface area contributed by atoms with E-state index in [1.165, 1.54) is 17.4 Å². The second-order valence-corrected chi connectivity index (χ2v) is 13.6. The topological polar surface area (TPSA) is 127 Å². The standard InChI is InChI=1S/C30H25Cl2FN4O5S/c31-19-2-1-3-20(32)23(19)24-18(26(41-36-24)13-4-5-13)12-40-17-10-15-6-7-16(11-17)30(15,39)28-34-25-21(33)8-14(9-22(25)43-28)27-35-29(38)42-37-27/h1-3,8-9,13,15-17,39H,4-7,10-12H2,(H,35,37,38)/t15-,16+,17?,30?. The Morgan fingerprint density at radius 3 is 2.51 bits per heavy atom. The molecule has 3 aromatic heterocycles. The largest absolute Gasteiger partial charge is 0.439 e. The van der Waals surface area contributed by atoms with Crippen LogP contribution in [0.25, 0.3) is 32.9 Å². The van der Waals surface area contributed by atoms with Gasteiger partial charge >= 0.3 is 5.76 Å². The molecule has 2 aromatic carbocycles. The number of hydrogen-bond acceptors (Lipinski definition) is 9. The van der Waals surface area contributed by atoms with Crippen molar-refractivity contribution in [1.29, 1.82) is 0 Å². The smallest absolute Gasteiger partial charge is 0.382 e. The van der Waals surface area contributed by atoms with Gasteiger partial charge in [-0.05, 0) is 74.6 Å². The second-order valence-electron chi connectivity index (χ2n) is 11.7. The Labute approximate surface area is 257 Å². The molecule has 9 nitrogen and oxygen atoms in total. The fraction of sp³-hybridized carbons (Fsp3) is 0.400. The number of rotatable bonds is 7. The number of ether oxygens (including phenoxy) is 1. The van der Waals surface area contributed by atoms with Gasteiger partial charge in [-0.1, -0.05) is 39.6 Å². The quantitative estimate of drug-likeness (QED) is 0.191. The molecule has 3 aliphatic rings. The molecular formula is C30H25Cl2FN4O5S. The van der Waals surface area contributed by atoms with Crippen LogP contribution in [0.1, 0.15) is 60.8 Å². The van der Waals surface area contributed by atoms with Gasteiger partial charge in [0.25, 0.3) is 0 Å². The number of H-pyrrole nitrogens is 1. The minimum Gasteiger partial charge on any atom is -0.382 e. The van der Waals surface area contributed by atoms with E-state index in [2.05, 4.69) is 24.8 Å². The van der Waals surface area contributed by atoms with Crippen molar-refractivity contribution in [2.45, 2.75) is 62.8 Å². The van der Waals surface area contributed by atoms with Crippen molar-refractivity contribution in [3.63, 3.8) is 0 Å². The second kappa shape index (κ2) is 10.2. The number of fused-ring (bicyclic) bond motifs is 3. The van der Waals surface area contributed by atoms with Crippen molar-refractivity contribution in [3.8, 4) is 22.6 Å². The van der Waals surface area contributed by atoms with E-state index in [0.717, 1.165) is 37.0 Å². The number of aliphatic hydroxyl groups is 1. The maximum atomic E-state index is 15.1. The van der Waals surface area contributed by atoms with Crippen molar-refractivity contribution < 1.29 is 23.3 Å². The third-order valence-electron chi connectivity index (χ3n) is 9.14. The van der Waals surface area contributed by atoms with Crippen LogP contribution in [0.2, 0.25) is 10.0 Å². The zero-order chi connectivity index (χ0) is 29.5. The summed E-state index contributed by atoms with van der Waals surface area (Å²) in [5, 5.41) is 21.6. The van der Waals surface area contributed by atoms with Crippen LogP contribution < -0.4 is 5.76 Å². The predicted molar refractivity (Wildman–Crippen MR) is 158 cm³/mol. The Balaban J connectivity index is 1.05. The summed E-state index contributed by atoms with van der Waals surface area (Å²) in [6.45, 7) is 0.300. The Bertz CT molecular complexity index is 1900. The molecule has 2 unspecified atom stereocenters. The summed E-state index contributed by atoms with van der Waals surface area (Å²) in [6.07, 6.45) is 4.93. The average Bonchev–Trinajstić information content (AvgIpc) is 3.27. The molecule has 3 aliphatic carbocycles. The van der Waals surface area contributed by atoms with E-state index in [9.17, 15) is 9.90 Å². The number of thiazole rings is 1. The lowest BCUT2D eigenvalue weighted by molar-refractivity contribution is -0.116. The van der Waals surface area contributed by atoms with E-state index in [-0.39, 0.29) is 29.3 Å². The number of nitrogens with one attached hydrogen (secondary N) is 1. The normalized spacial score (nSPS) is 25.2. The summed E-state index contributed by atoms with van der Waals surface area (Å²) in [5.41, 5.74) is 1.50. The number of aromatic amines is 1. The summed E-state index contributed by atoms with van der Waals surface area (Å²) in [7, 11) is 0. The molecule has 3 fully saturated rings. The number of nitrogens with zero attached hydrogens (tertiary/aromatic N) is 3. The fourth-order valence-corrected chi connectivity index (χ4v) is 8.73. The minimum absolute atomic E-state index is 0.0870. The molecule has 0 radical (unpaired) electrons. The Morgan fingerprint density at radius 2 is 1.84 bits per heavy atom. The summed E-state index contributed by atoms with van der Waals surface area (Å²) < 4.78 is 32.6. The molecule has 13 heteroatoms. The lowest BCUT2D eigenvalue weighted by atomic mass is 9.73. The van der Waals surface area contributed by atoms with Gasteiger partial charge in [-0.25, -0.2) is 14.2 Å². The Kier molecular flexibility index (Phi) is 6.54. The molecule has 2 N–H and O–H groups in total. The lowest BCUT2D eigenvalue weighted by Gasteiger charge is -2.41. The molecule has 0 aliphatic heterocycles. The van der Waals surface area contributed by atoms with Gasteiger partial charge in [0, 0.05) is 22.6 Å². The van der Waals surface area contributed by atoms with Crippen LogP contribution >= 0.6 is 34.5 Å². The highest BCUT2D eigenvalue weighted by Crippen LogP contribution is 2.57. The van der Waals surface area contributed by atoms with Crippen LogP contribution in [-0.2, 0) is 16.9 Å². The van der Waals surface area contributed by atoms with Gasteiger partial charge in [-0.15, -0.1) is 11.3 Å². The van der Waals surface area contributed by atoms with Crippen molar-refractivity contribution in [2.24, 2.45) is 11.8 Å². The lowest BCUT2D eigenvalue weighted by Crippen LogP contribution is -2.44. The Hall–Kier alpha value is -3.09. The van der Waals surface area contributed by atoms with Crippen LogP contribution in [0.15, 0.2) is 44.2 Å². The predicted octanol–water partition coefficient (Wildman–Crippen LogP) is 7.21. The highest BCUT2D eigenvalue weighted by molar-refractivity contribution is 7.18. The van der Waals surface area contributed by atoms with E-state index < -0.39 is 17.2 Å². The molecular weight excluding hydrogens is 618 g/mol. The summed E-state index contributed by atoms with van der Waals surface area (Å²) in [5.74, 6) is -0.174. The van der Waals surface area contributed by atoms with E-state index in [4.69, 9.17) is 32.5 Å². The third kappa shape index (κ3) is 4.55. The van der Waals surface area contributed by atoms with E-state index >= 15 is 4.39 Å². The van der Waals surface area contributed by atoms with Crippen LogP contribution in [0.4, 0.5) is 4.39 Å². The molecule has 2 bridgehead atoms. The molecule has 0 spiro atoms. The number of hydrogen-bond donors (Lipinski definition) is 2. The van der Waals surface area contributed by atoms with Gasteiger partial charge < -0.3 is 14.4 Å². The van der Waals surface area contributed by atoms with Crippen molar-refractivity contribution >= 4 is 44.8 Å². The molecule has 43 heavy (non-hydrogen) atoms. The molecule has 5 aromatic rings. The van der Waals surface area contributed by atoms with Gasteiger partial charge in [-0.3, -0.25) is 9.51 Å². The van der Waals surface area contributed by atoms with Gasteiger partial charge in [0.15, 0.2) is 11.6 Å². The van der Waals surface area contributed by atoms with Crippen LogP contribution in [0.3, 0.4) is 0 Å². The van der Waals surface area contributed by atoms with Gasteiger partial charge in [-0.2, -0.15) is 0 Å². The van der Waals surface area contributed by atoms with Crippen LogP contribution in [0.5, 0.6) is 0 Å². The van der Waals surface area contributed by atoms with E-state index in [1.807, 2.05) is 0 Å². The number of halogens is 3. The van der Waals surface area contributed by atoms with Gasteiger partial charge in [0.05, 0.1) is 27.5 Å². The first-order valence-electron chi connectivity index (χ1n) is 14.2. The third-order valence-corrected chi connectivity index (χ3v) is 10.9. The number of benzene rings is 2. The molecule has 3 saturated carbocycles. The zero-order valence-corrected chi connectivity index (χ0v) is 24.9. The van der Waals surface area contributed by atoms with Gasteiger partial charge in [0.2, 0.25) is 0 Å². The molecule has 4 atom stereocenters. The van der Waals surface area contributed by atoms with Crippen LogP contribution in [-0.4, -0.2) is 31.5 Å². The minimum atomic E-state index is -1.18. The molecule has 3 heterocycles. The van der Waals surface area contributed by atoms with Crippen molar-refractivity contribution in [1.82, 2.24) is 20.3 Å². The van der Waals surface area contributed by atoms with Gasteiger partial charge in [0.1, 0.15) is 27.6 Å². The highest BCUT2D eigenvalue weighted by atomic mass is 35.5. The van der Waals surface area contributed by atoms with E-state index in [0.29, 0.717) is 61.9 Å².